The minimum Gasteiger partial charge on any atom is -0.486 e. The van der Waals surface area contributed by atoms with Gasteiger partial charge in [0.25, 0.3) is 0 Å². The van der Waals surface area contributed by atoms with E-state index in [1.54, 1.807) is 23.5 Å². The summed E-state index contributed by atoms with van der Waals surface area (Å²) in [6.45, 7) is 3.57. The first-order valence-electron chi connectivity index (χ1n) is 8.93. The molecule has 3 aromatic heterocycles. The van der Waals surface area contributed by atoms with Gasteiger partial charge in [0.05, 0.1) is 18.1 Å². The molecule has 4 aromatic rings. The van der Waals surface area contributed by atoms with Crippen molar-refractivity contribution < 1.29 is 9.47 Å². The number of benzene rings is 1. The summed E-state index contributed by atoms with van der Waals surface area (Å²) in [5, 5.41) is 8.86. The molecule has 1 aliphatic heterocycles. The van der Waals surface area contributed by atoms with Crippen LogP contribution in [0.15, 0.2) is 49.6 Å². The Kier molecular flexibility index (Phi) is 4.00. The van der Waals surface area contributed by atoms with E-state index >= 15 is 0 Å². The maximum atomic E-state index is 5.73. The van der Waals surface area contributed by atoms with E-state index in [4.69, 9.17) is 19.6 Å². The molecular formula is C18H18N8O2. The molecule has 0 fully saturated rings. The molecule has 0 radical (unpaired) electrons. The van der Waals surface area contributed by atoms with Gasteiger partial charge in [-0.15, -0.1) is 5.10 Å². The first-order valence-corrected chi connectivity index (χ1v) is 8.93. The van der Waals surface area contributed by atoms with E-state index in [1.807, 2.05) is 33.6 Å². The minimum atomic E-state index is -0.0623. The van der Waals surface area contributed by atoms with Gasteiger partial charge in [-0.25, -0.2) is 24.3 Å². The normalized spacial score (nSPS) is 14.2. The van der Waals surface area contributed by atoms with E-state index in [9.17, 15) is 0 Å². The zero-order chi connectivity index (χ0) is 18.9. The zero-order valence-corrected chi connectivity index (χ0v) is 15.2. The van der Waals surface area contributed by atoms with Gasteiger partial charge in [0.2, 0.25) is 0 Å². The molecule has 0 saturated carbocycles. The smallest absolute Gasteiger partial charge is 0.172 e. The van der Waals surface area contributed by atoms with Crippen molar-refractivity contribution in [1.29, 1.82) is 0 Å². The van der Waals surface area contributed by atoms with Gasteiger partial charge in [-0.1, -0.05) is 0 Å². The Balaban J connectivity index is 1.57. The molecule has 0 spiro atoms. The SMILES string of the molecule is C[C@@H](c1nc(Cn2cncn2)nn1-c1ccc2c(c1)OCCO2)n1ccnc1. The van der Waals surface area contributed by atoms with Gasteiger partial charge in [-0.3, -0.25) is 0 Å². The van der Waals surface area contributed by atoms with Crippen LogP contribution in [0.25, 0.3) is 5.69 Å². The molecule has 0 N–H and O–H groups in total. The fourth-order valence-electron chi connectivity index (χ4n) is 3.15. The van der Waals surface area contributed by atoms with Crippen LogP contribution in [-0.4, -0.2) is 52.3 Å². The third-order valence-electron chi connectivity index (χ3n) is 4.56. The van der Waals surface area contributed by atoms with Crippen molar-refractivity contribution in [3.8, 4) is 17.2 Å². The van der Waals surface area contributed by atoms with Crippen LogP contribution in [-0.2, 0) is 6.54 Å². The lowest BCUT2D eigenvalue weighted by molar-refractivity contribution is 0.171. The van der Waals surface area contributed by atoms with E-state index in [0.29, 0.717) is 31.3 Å². The molecule has 4 heterocycles. The highest BCUT2D eigenvalue weighted by molar-refractivity contribution is 5.49. The topological polar surface area (TPSA) is 97.7 Å². The molecule has 0 unspecified atom stereocenters. The summed E-state index contributed by atoms with van der Waals surface area (Å²) in [5.74, 6) is 2.87. The summed E-state index contributed by atoms with van der Waals surface area (Å²) in [7, 11) is 0. The Bertz CT molecular complexity index is 1070. The molecule has 0 saturated heterocycles. The van der Waals surface area contributed by atoms with Gasteiger partial charge in [0.15, 0.2) is 23.1 Å². The molecule has 1 aromatic carbocycles. The van der Waals surface area contributed by atoms with Crippen molar-refractivity contribution >= 4 is 0 Å². The lowest BCUT2D eigenvalue weighted by atomic mass is 10.2. The van der Waals surface area contributed by atoms with Crippen LogP contribution in [0, 0.1) is 0 Å². The standard InChI is InChI=1S/C18H18N8O2/c1-13(24-5-4-19-11-24)18-22-17(9-25-12-20-10-21-25)23-26(18)14-2-3-15-16(8-14)28-7-6-27-15/h2-5,8,10-13H,6-7,9H2,1H3/t13-/m0/s1. The number of hydrogen-bond acceptors (Lipinski definition) is 7. The summed E-state index contributed by atoms with van der Waals surface area (Å²) >= 11 is 0. The van der Waals surface area contributed by atoms with E-state index in [2.05, 4.69) is 22.0 Å². The Hall–Kier alpha value is -3.69. The summed E-state index contributed by atoms with van der Waals surface area (Å²) < 4.78 is 16.9. The summed E-state index contributed by atoms with van der Waals surface area (Å²) in [6, 6.07) is 5.71. The fraction of sp³-hybridized carbons (Fsp3) is 0.278. The molecule has 0 amide bonds. The van der Waals surface area contributed by atoms with Gasteiger partial charge in [0.1, 0.15) is 32.4 Å². The summed E-state index contributed by atoms with van der Waals surface area (Å²) in [5.41, 5.74) is 0.851. The number of rotatable bonds is 5. The minimum absolute atomic E-state index is 0.0623. The number of imidazole rings is 1. The fourth-order valence-corrected chi connectivity index (χ4v) is 3.15. The predicted molar refractivity (Wildman–Crippen MR) is 97.5 cm³/mol. The Morgan fingerprint density at radius 2 is 2.00 bits per heavy atom. The van der Waals surface area contributed by atoms with E-state index in [1.165, 1.54) is 6.33 Å². The second-order valence-electron chi connectivity index (χ2n) is 6.40. The highest BCUT2D eigenvalue weighted by atomic mass is 16.6. The molecule has 1 atom stereocenters. The Labute approximate surface area is 160 Å². The van der Waals surface area contributed by atoms with Crippen LogP contribution in [0.1, 0.15) is 24.6 Å². The van der Waals surface area contributed by atoms with E-state index in [0.717, 1.165) is 17.3 Å². The zero-order valence-electron chi connectivity index (χ0n) is 15.2. The van der Waals surface area contributed by atoms with Crippen molar-refractivity contribution in [2.45, 2.75) is 19.5 Å². The molecule has 28 heavy (non-hydrogen) atoms. The van der Waals surface area contributed by atoms with Crippen LogP contribution >= 0.6 is 0 Å². The Morgan fingerprint density at radius 1 is 1.11 bits per heavy atom. The van der Waals surface area contributed by atoms with Crippen molar-refractivity contribution in [3.05, 3.63) is 61.2 Å². The molecule has 0 aliphatic carbocycles. The number of hydrogen-bond donors (Lipinski definition) is 0. The van der Waals surface area contributed by atoms with Gasteiger partial charge in [0, 0.05) is 18.5 Å². The highest BCUT2D eigenvalue weighted by Crippen LogP contribution is 2.32. The van der Waals surface area contributed by atoms with Crippen LogP contribution < -0.4 is 9.47 Å². The first-order chi connectivity index (χ1) is 13.8. The van der Waals surface area contributed by atoms with Crippen molar-refractivity contribution in [1.82, 2.24) is 39.1 Å². The van der Waals surface area contributed by atoms with Crippen LogP contribution in [0.5, 0.6) is 11.5 Å². The number of aromatic nitrogens is 8. The van der Waals surface area contributed by atoms with Crippen LogP contribution in [0.3, 0.4) is 0 Å². The maximum absolute atomic E-state index is 5.73. The molecule has 142 valence electrons. The quantitative estimate of drug-likeness (QED) is 0.519. The van der Waals surface area contributed by atoms with Gasteiger partial charge in [-0.2, -0.15) is 5.10 Å². The average Bonchev–Trinajstić information content (AvgIpc) is 3.49. The molecule has 10 nitrogen and oxygen atoms in total. The Morgan fingerprint density at radius 3 is 2.79 bits per heavy atom. The molecule has 10 heteroatoms. The largest absolute Gasteiger partial charge is 0.486 e. The second kappa shape index (κ2) is 6.80. The van der Waals surface area contributed by atoms with Crippen LogP contribution in [0.2, 0.25) is 0 Å². The summed E-state index contributed by atoms with van der Waals surface area (Å²) in [6.07, 6.45) is 8.56. The predicted octanol–water partition coefficient (Wildman–Crippen LogP) is 1.48. The van der Waals surface area contributed by atoms with Crippen molar-refractivity contribution in [2.24, 2.45) is 0 Å². The third kappa shape index (κ3) is 2.98. The lowest BCUT2D eigenvalue weighted by Gasteiger charge is -2.19. The van der Waals surface area contributed by atoms with Crippen LogP contribution in [0.4, 0.5) is 0 Å². The molecule has 0 bridgehead atoms. The lowest BCUT2D eigenvalue weighted by Crippen LogP contribution is -2.16. The number of nitrogens with zero attached hydrogens (tertiary/aromatic N) is 8. The van der Waals surface area contributed by atoms with E-state index in [-0.39, 0.29) is 6.04 Å². The van der Waals surface area contributed by atoms with Gasteiger partial charge >= 0.3 is 0 Å². The van der Waals surface area contributed by atoms with E-state index < -0.39 is 0 Å². The average molecular weight is 378 g/mol. The second-order valence-corrected chi connectivity index (χ2v) is 6.40. The first kappa shape index (κ1) is 16.5. The molecule has 1 aliphatic rings. The number of ether oxygens (including phenoxy) is 2. The van der Waals surface area contributed by atoms with Gasteiger partial charge < -0.3 is 14.0 Å². The van der Waals surface area contributed by atoms with Crippen molar-refractivity contribution in [3.63, 3.8) is 0 Å². The third-order valence-corrected chi connectivity index (χ3v) is 4.56. The van der Waals surface area contributed by atoms with Gasteiger partial charge in [-0.05, 0) is 19.1 Å². The van der Waals surface area contributed by atoms with Crippen molar-refractivity contribution in [2.75, 3.05) is 13.2 Å². The highest BCUT2D eigenvalue weighted by Gasteiger charge is 2.21. The monoisotopic (exact) mass is 378 g/mol. The maximum Gasteiger partial charge on any atom is 0.172 e. The molecule has 5 rings (SSSR count). The molecular weight excluding hydrogens is 360 g/mol. The summed E-state index contributed by atoms with van der Waals surface area (Å²) in [4.78, 5) is 12.9. The number of fused-ring (bicyclic) bond motifs is 1.